The summed E-state index contributed by atoms with van der Waals surface area (Å²) < 4.78 is 13.8. The zero-order valence-corrected chi connectivity index (χ0v) is 13.9. The van der Waals surface area contributed by atoms with Crippen molar-refractivity contribution >= 4 is 17.6 Å². The largest absolute Gasteiger partial charge is 0.380 e. The lowest BCUT2D eigenvalue weighted by molar-refractivity contribution is 0.0706. The first-order chi connectivity index (χ1) is 13.0. The van der Waals surface area contributed by atoms with E-state index in [2.05, 4.69) is 15.5 Å². The van der Waals surface area contributed by atoms with E-state index in [9.17, 15) is 14.0 Å². The monoisotopic (exact) mass is 370 g/mol. The van der Waals surface area contributed by atoms with E-state index in [1.54, 1.807) is 18.2 Å². The predicted octanol–water partition coefficient (Wildman–Crippen LogP) is 1.04. The van der Waals surface area contributed by atoms with E-state index in [-0.39, 0.29) is 29.3 Å². The first kappa shape index (κ1) is 18.0. The lowest BCUT2D eigenvalue weighted by Crippen LogP contribution is -2.24. The summed E-state index contributed by atoms with van der Waals surface area (Å²) in [4.78, 5) is 24.5. The van der Waals surface area contributed by atoms with Crippen molar-refractivity contribution < 1.29 is 19.2 Å². The molecule has 138 valence electrons. The summed E-state index contributed by atoms with van der Waals surface area (Å²) >= 11 is 0. The number of nitrogens with two attached hydrogens (primary N) is 1. The summed E-state index contributed by atoms with van der Waals surface area (Å²) in [5.41, 5.74) is 8.17. The summed E-state index contributed by atoms with van der Waals surface area (Å²) in [6.07, 6.45) is 0. The summed E-state index contributed by atoms with van der Waals surface area (Å²) in [6.45, 7) is 0.145. The highest BCUT2D eigenvalue weighted by molar-refractivity contribution is 5.96. The minimum absolute atomic E-state index is 0.0704. The molecule has 1 heterocycles. The quantitative estimate of drug-likeness (QED) is 0.391. The van der Waals surface area contributed by atoms with Crippen LogP contribution < -0.4 is 16.5 Å². The number of aromatic nitrogens is 3. The SMILES string of the molecule is Nc1nn(-c2ccccc2F)nc1C(=O)NCc1ccc(C(=O)NO)cc1. The van der Waals surface area contributed by atoms with Crippen LogP contribution in [0.2, 0.25) is 0 Å². The standard InChI is InChI=1S/C17H15FN6O3/c18-12-3-1-2-4-13(12)24-21-14(15(19)22-24)17(26)20-9-10-5-7-11(8-6-10)16(25)23-27/h1-8,27H,9H2,(H2,19,22)(H,20,26)(H,23,25). The fraction of sp³-hybridized carbons (Fsp3) is 0.0588. The molecule has 3 rings (SSSR count). The highest BCUT2D eigenvalue weighted by Crippen LogP contribution is 2.14. The van der Waals surface area contributed by atoms with Crippen LogP contribution in [-0.4, -0.2) is 32.0 Å². The Kier molecular flexibility index (Phi) is 5.08. The molecule has 0 radical (unpaired) electrons. The maximum absolute atomic E-state index is 13.8. The van der Waals surface area contributed by atoms with Gasteiger partial charge in [0, 0.05) is 12.1 Å². The molecule has 2 amide bonds. The second kappa shape index (κ2) is 7.62. The lowest BCUT2D eigenvalue weighted by Gasteiger charge is -2.05. The van der Waals surface area contributed by atoms with Gasteiger partial charge in [-0.05, 0) is 29.8 Å². The van der Waals surface area contributed by atoms with Gasteiger partial charge >= 0.3 is 0 Å². The maximum Gasteiger partial charge on any atom is 0.275 e. The molecule has 3 aromatic rings. The molecule has 0 bridgehead atoms. The minimum atomic E-state index is -0.636. The number of anilines is 1. The van der Waals surface area contributed by atoms with Crippen LogP contribution >= 0.6 is 0 Å². The molecule has 5 N–H and O–H groups in total. The normalized spacial score (nSPS) is 10.4. The Labute approximate surface area is 152 Å². The van der Waals surface area contributed by atoms with Gasteiger partial charge in [0.25, 0.3) is 11.8 Å². The molecule has 0 aliphatic rings. The lowest BCUT2D eigenvalue weighted by atomic mass is 10.1. The third-order valence-electron chi connectivity index (χ3n) is 3.69. The Bertz CT molecular complexity index is 987. The van der Waals surface area contributed by atoms with Crippen LogP contribution in [0.3, 0.4) is 0 Å². The van der Waals surface area contributed by atoms with E-state index in [1.807, 2.05) is 0 Å². The van der Waals surface area contributed by atoms with Crippen molar-refractivity contribution in [1.29, 1.82) is 0 Å². The zero-order chi connectivity index (χ0) is 19.4. The smallest absolute Gasteiger partial charge is 0.275 e. The third-order valence-corrected chi connectivity index (χ3v) is 3.69. The predicted molar refractivity (Wildman–Crippen MR) is 92.6 cm³/mol. The topological polar surface area (TPSA) is 135 Å². The van der Waals surface area contributed by atoms with Crippen molar-refractivity contribution in [2.24, 2.45) is 0 Å². The number of halogens is 1. The number of amides is 2. The van der Waals surface area contributed by atoms with E-state index in [0.29, 0.717) is 5.56 Å². The first-order valence-corrected chi connectivity index (χ1v) is 7.79. The number of carbonyl (C=O) groups excluding carboxylic acids is 2. The summed E-state index contributed by atoms with van der Waals surface area (Å²) in [5, 5.41) is 19.0. The molecular formula is C17H15FN6O3. The molecule has 1 aromatic heterocycles. The van der Waals surface area contributed by atoms with Crippen LogP contribution in [-0.2, 0) is 6.54 Å². The van der Waals surface area contributed by atoms with Crippen LogP contribution in [0, 0.1) is 5.82 Å². The van der Waals surface area contributed by atoms with Crippen molar-refractivity contribution in [3.05, 3.63) is 71.2 Å². The molecule has 2 aromatic carbocycles. The third kappa shape index (κ3) is 3.90. The van der Waals surface area contributed by atoms with Gasteiger partial charge in [-0.3, -0.25) is 14.8 Å². The van der Waals surface area contributed by atoms with E-state index in [4.69, 9.17) is 10.9 Å². The second-order valence-corrected chi connectivity index (χ2v) is 5.50. The number of benzene rings is 2. The number of nitrogens with one attached hydrogen (secondary N) is 2. The highest BCUT2D eigenvalue weighted by atomic mass is 19.1. The average Bonchev–Trinajstić information content (AvgIpc) is 3.07. The first-order valence-electron chi connectivity index (χ1n) is 7.79. The second-order valence-electron chi connectivity index (χ2n) is 5.50. The Hall–Kier alpha value is -3.79. The van der Waals surface area contributed by atoms with Gasteiger partial charge in [0.15, 0.2) is 17.3 Å². The number of hydrogen-bond acceptors (Lipinski definition) is 6. The Morgan fingerprint density at radius 3 is 2.44 bits per heavy atom. The number of rotatable bonds is 5. The Balaban J connectivity index is 1.70. The van der Waals surface area contributed by atoms with E-state index in [0.717, 1.165) is 4.80 Å². The zero-order valence-electron chi connectivity index (χ0n) is 13.9. The molecule has 0 saturated carbocycles. The van der Waals surface area contributed by atoms with Gasteiger partial charge in [-0.15, -0.1) is 15.0 Å². The fourth-order valence-corrected chi connectivity index (χ4v) is 2.31. The van der Waals surface area contributed by atoms with E-state index in [1.165, 1.54) is 35.8 Å². The summed E-state index contributed by atoms with van der Waals surface area (Å²) in [6, 6.07) is 12.1. The van der Waals surface area contributed by atoms with Crippen molar-refractivity contribution in [1.82, 2.24) is 25.8 Å². The molecule has 0 unspecified atom stereocenters. The maximum atomic E-state index is 13.8. The number of hydrogen-bond donors (Lipinski definition) is 4. The van der Waals surface area contributed by atoms with Crippen molar-refractivity contribution in [2.75, 3.05) is 5.73 Å². The molecule has 0 aliphatic heterocycles. The number of hydroxylamine groups is 1. The van der Waals surface area contributed by atoms with Gasteiger partial charge in [0.1, 0.15) is 5.69 Å². The number of nitrogen functional groups attached to an aromatic ring is 1. The van der Waals surface area contributed by atoms with E-state index >= 15 is 0 Å². The fourth-order valence-electron chi connectivity index (χ4n) is 2.31. The molecular weight excluding hydrogens is 355 g/mol. The van der Waals surface area contributed by atoms with Crippen molar-refractivity contribution in [3.63, 3.8) is 0 Å². The molecule has 0 fully saturated rings. The molecule has 10 heteroatoms. The molecule has 0 spiro atoms. The van der Waals surface area contributed by atoms with Crippen molar-refractivity contribution in [2.45, 2.75) is 6.54 Å². The molecule has 9 nitrogen and oxygen atoms in total. The van der Waals surface area contributed by atoms with Gasteiger partial charge in [0.2, 0.25) is 0 Å². The van der Waals surface area contributed by atoms with Crippen LogP contribution in [0.1, 0.15) is 26.4 Å². The minimum Gasteiger partial charge on any atom is -0.380 e. The van der Waals surface area contributed by atoms with Crippen molar-refractivity contribution in [3.8, 4) is 5.69 Å². The average molecular weight is 370 g/mol. The van der Waals surface area contributed by atoms with Gasteiger partial charge in [0.05, 0.1) is 0 Å². The molecule has 0 saturated heterocycles. The molecule has 0 atom stereocenters. The number of carbonyl (C=O) groups is 2. The van der Waals surface area contributed by atoms with Crippen LogP contribution in [0.25, 0.3) is 5.69 Å². The molecule has 27 heavy (non-hydrogen) atoms. The number of nitrogens with zero attached hydrogens (tertiary/aromatic N) is 3. The summed E-state index contributed by atoms with van der Waals surface area (Å²) in [5.74, 6) is -1.90. The van der Waals surface area contributed by atoms with Crippen LogP contribution in [0.5, 0.6) is 0 Å². The van der Waals surface area contributed by atoms with Crippen LogP contribution in [0.4, 0.5) is 10.2 Å². The number of para-hydroxylation sites is 1. The van der Waals surface area contributed by atoms with Gasteiger partial charge in [-0.2, -0.15) is 0 Å². The highest BCUT2D eigenvalue weighted by Gasteiger charge is 2.18. The summed E-state index contributed by atoms with van der Waals surface area (Å²) in [7, 11) is 0. The Morgan fingerprint density at radius 1 is 1.07 bits per heavy atom. The van der Waals surface area contributed by atoms with Gasteiger partial charge < -0.3 is 11.1 Å². The van der Waals surface area contributed by atoms with Crippen LogP contribution in [0.15, 0.2) is 48.5 Å². The Morgan fingerprint density at radius 2 is 1.78 bits per heavy atom. The van der Waals surface area contributed by atoms with Gasteiger partial charge in [-0.25, -0.2) is 9.87 Å². The van der Waals surface area contributed by atoms with Gasteiger partial charge in [-0.1, -0.05) is 24.3 Å². The molecule has 0 aliphatic carbocycles. The van der Waals surface area contributed by atoms with E-state index < -0.39 is 17.6 Å².